The smallest absolute Gasteiger partial charge is 0.424 e. The first kappa shape index (κ1) is 12.8. The van der Waals surface area contributed by atoms with E-state index in [0.717, 1.165) is 0 Å². The highest BCUT2D eigenvalue weighted by molar-refractivity contribution is 6.15. The Labute approximate surface area is 106 Å². The van der Waals surface area contributed by atoms with Crippen molar-refractivity contribution < 1.29 is 19.1 Å². The Morgan fingerprint density at radius 3 is 2.00 bits per heavy atom. The molecular formula is C13H17NO4. The van der Waals surface area contributed by atoms with Crippen molar-refractivity contribution in [1.29, 1.82) is 0 Å². The van der Waals surface area contributed by atoms with Gasteiger partial charge in [-0.05, 0) is 33.6 Å². The molecule has 1 saturated heterocycles. The summed E-state index contributed by atoms with van der Waals surface area (Å²) in [7, 11) is 0. The van der Waals surface area contributed by atoms with Crippen molar-refractivity contribution in [3.05, 3.63) is 12.2 Å². The Morgan fingerprint density at radius 2 is 1.61 bits per heavy atom. The summed E-state index contributed by atoms with van der Waals surface area (Å²) in [5.41, 5.74) is -0.719. The number of carbonyl (C=O) groups excluding carboxylic acids is 3. The molecule has 0 aromatic heterocycles. The summed E-state index contributed by atoms with van der Waals surface area (Å²) < 4.78 is 5.09. The molecule has 2 atom stereocenters. The summed E-state index contributed by atoms with van der Waals surface area (Å²) in [6.07, 6.45) is 3.95. The van der Waals surface area contributed by atoms with Gasteiger partial charge in [-0.25, -0.2) is 4.79 Å². The third kappa shape index (κ3) is 2.17. The van der Waals surface area contributed by atoms with E-state index in [-0.39, 0.29) is 0 Å². The molecule has 0 aromatic carbocycles. The second-order valence-corrected chi connectivity index (χ2v) is 5.65. The second-order valence-electron chi connectivity index (χ2n) is 5.65. The van der Waals surface area contributed by atoms with Gasteiger partial charge in [0.05, 0.1) is 11.8 Å². The first-order valence-corrected chi connectivity index (χ1v) is 6.07. The number of ether oxygens (including phenoxy) is 1. The average Bonchev–Trinajstić information content (AvgIpc) is 2.50. The number of imide groups is 3. The maximum Gasteiger partial charge on any atom is 0.424 e. The largest absolute Gasteiger partial charge is 0.443 e. The third-order valence-corrected chi connectivity index (χ3v) is 3.08. The molecule has 2 unspecified atom stereocenters. The van der Waals surface area contributed by atoms with Crippen LogP contribution in [0.25, 0.3) is 0 Å². The van der Waals surface area contributed by atoms with E-state index in [4.69, 9.17) is 4.74 Å². The highest BCUT2D eigenvalue weighted by Gasteiger charge is 2.51. The van der Waals surface area contributed by atoms with E-state index in [9.17, 15) is 14.4 Å². The van der Waals surface area contributed by atoms with E-state index in [1.807, 2.05) is 12.2 Å². The Kier molecular flexibility index (Phi) is 3.00. The fraction of sp³-hybridized carbons (Fsp3) is 0.615. The number of nitrogens with zero attached hydrogens (tertiary/aromatic N) is 1. The maximum absolute atomic E-state index is 12.0. The van der Waals surface area contributed by atoms with Gasteiger partial charge in [0.25, 0.3) is 0 Å². The average molecular weight is 251 g/mol. The summed E-state index contributed by atoms with van der Waals surface area (Å²) in [5.74, 6) is -1.64. The van der Waals surface area contributed by atoms with Crippen LogP contribution in [0.3, 0.4) is 0 Å². The van der Waals surface area contributed by atoms with Gasteiger partial charge in [0.2, 0.25) is 11.8 Å². The Bertz CT molecular complexity index is 407. The van der Waals surface area contributed by atoms with Gasteiger partial charge in [0.1, 0.15) is 5.60 Å². The molecule has 0 spiro atoms. The van der Waals surface area contributed by atoms with Crippen LogP contribution in [-0.2, 0) is 14.3 Å². The molecule has 2 aliphatic rings. The zero-order valence-corrected chi connectivity index (χ0v) is 10.8. The van der Waals surface area contributed by atoms with Crippen LogP contribution in [0.2, 0.25) is 0 Å². The lowest BCUT2D eigenvalue weighted by Crippen LogP contribution is -2.41. The van der Waals surface area contributed by atoms with Gasteiger partial charge in [-0.2, -0.15) is 4.90 Å². The summed E-state index contributed by atoms with van der Waals surface area (Å²) in [5, 5.41) is 0. The van der Waals surface area contributed by atoms with Crippen LogP contribution in [0.1, 0.15) is 33.6 Å². The van der Waals surface area contributed by atoms with Crippen LogP contribution in [-0.4, -0.2) is 28.4 Å². The van der Waals surface area contributed by atoms with Gasteiger partial charge in [-0.3, -0.25) is 9.59 Å². The van der Waals surface area contributed by atoms with Crippen molar-refractivity contribution in [3.63, 3.8) is 0 Å². The van der Waals surface area contributed by atoms with Crippen LogP contribution in [0.4, 0.5) is 4.79 Å². The summed E-state index contributed by atoms with van der Waals surface area (Å²) in [6.45, 7) is 5.10. The molecule has 98 valence electrons. The van der Waals surface area contributed by atoms with Gasteiger partial charge in [-0.1, -0.05) is 12.2 Å². The fourth-order valence-corrected chi connectivity index (χ4v) is 2.29. The van der Waals surface area contributed by atoms with E-state index in [1.54, 1.807) is 20.8 Å². The van der Waals surface area contributed by atoms with Crippen LogP contribution in [0, 0.1) is 11.8 Å². The molecule has 3 amide bonds. The first-order valence-electron chi connectivity index (χ1n) is 6.07. The summed E-state index contributed by atoms with van der Waals surface area (Å²) in [4.78, 5) is 36.6. The summed E-state index contributed by atoms with van der Waals surface area (Å²) in [6, 6.07) is 0. The number of carbonyl (C=O) groups is 3. The zero-order valence-electron chi connectivity index (χ0n) is 10.8. The standard InChI is InChI=1S/C13H17NO4/c1-13(2,3)18-12(17)14-10(15)8-6-4-5-7-9(8)11(14)16/h4-5,8-9H,6-7H2,1-3H3. The molecule has 1 aliphatic carbocycles. The molecule has 2 rings (SSSR count). The van der Waals surface area contributed by atoms with Crippen molar-refractivity contribution in [3.8, 4) is 0 Å². The quantitative estimate of drug-likeness (QED) is 0.487. The van der Waals surface area contributed by atoms with Crippen LogP contribution in [0.5, 0.6) is 0 Å². The number of likely N-dealkylation sites (tertiary alicyclic amines) is 1. The van der Waals surface area contributed by atoms with E-state index in [0.29, 0.717) is 17.7 Å². The normalized spacial score (nSPS) is 27.4. The van der Waals surface area contributed by atoms with E-state index in [2.05, 4.69) is 0 Å². The SMILES string of the molecule is CC(C)(C)OC(=O)N1C(=O)C2CC=CCC2C1=O. The fourth-order valence-electron chi connectivity index (χ4n) is 2.29. The van der Waals surface area contributed by atoms with Crippen molar-refractivity contribution >= 4 is 17.9 Å². The number of rotatable bonds is 0. The predicted molar refractivity (Wildman–Crippen MR) is 63.4 cm³/mol. The number of hydrogen-bond acceptors (Lipinski definition) is 4. The highest BCUT2D eigenvalue weighted by atomic mass is 16.6. The minimum atomic E-state index is -0.855. The lowest BCUT2D eigenvalue weighted by molar-refractivity contribution is -0.138. The Balaban J connectivity index is 2.18. The molecule has 1 fully saturated rings. The molecule has 1 aliphatic heterocycles. The predicted octanol–water partition coefficient (Wildman–Crippen LogP) is 1.87. The minimum Gasteiger partial charge on any atom is -0.443 e. The molecule has 5 heteroatoms. The number of allylic oxidation sites excluding steroid dienone is 2. The van der Waals surface area contributed by atoms with Crippen LogP contribution < -0.4 is 0 Å². The maximum atomic E-state index is 12.0. The van der Waals surface area contributed by atoms with Crippen LogP contribution in [0.15, 0.2) is 12.2 Å². The van der Waals surface area contributed by atoms with Crippen molar-refractivity contribution in [2.45, 2.75) is 39.2 Å². The molecule has 0 N–H and O–H groups in total. The van der Waals surface area contributed by atoms with Gasteiger partial charge in [0, 0.05) is 0 Å². The zero-order chi connectivity index (χ0) is 13.5. The van der Waals surface area contributed by atoms with Crippen molar-refractivity contribution in [2.24, 2.45) is 11.8 Å². The third-order valence-electron chi connectivity index (χ3n) is 3.08. The highest BCUT2D eigenvalue weighted by Crippen LogP contribution is 2.35. The lowest BCUT2D eigenvalue weighted by Gasteiger charge is -2.22. The van der Waals surface area contributed by atoms with E-state index >= 15 is 0 Å². The molecule has 5 nitrogen and oxygen atoms in total. The van der Waals surface area contributed by atoms with Gasteiger partial charge in [-0.15, -0.1) is 0 Å². The minimum absolute atomic E-state index is 0.394. The molecule has 0 aromatic rings. The molecule has 0 bridgehead atoms. The Hall–Kier alpha value is -1.65. The molecular weight excluding hydrogens is 234 g/mol. The Morgan fingerprint density at radius 1 is 1.17 bits per heavy atom. The van der Waals surface area contributed by atoms with E-state index in [1.165, 1.54) is 0 Å². The lowest BCUT2D eigenvalue weighted by atomic mass is 9.85. The topological polar surface area (TPSA) is 63.7 Å². The van der Waals surface area contributed by atoms with E-state index < -0.39 is 35.3 Å². The van der Waals surface area contributed by atoms with Gasteiger partial charge >= 0.3 is 6.09 Å². The van der Waals surface area contributed by atoms with Crippen molar-refractivity contribution in [1.82, 2.24) is 4.90 Å². The summed E-state index contributed by atoms with van der Waals surface area (Å²) >= 11 is 0. The second kappa shape index (κ2) is 4.23. The van der Waals surface area contributed by atoms with Gasteiger partial charge < -0.3 is 4.74 Å². The number of amides is 3. The number of fused-ring (bicyclic) bond motifs is 1. The number of hydrogen-bond donors (Lipinski definition) is 0. The molecule has 1 heterocycles. The first-order chi connectivity index (χ1) is 8.31. The molecule has 18 heavy (non-hydrogen) atoms. The monoisotopic (exact) mass is 251 g/mol. The van der Waals surface area contributed by atoms with Gasteiger partial charge in [0.15, 0.2) is 0 Å². The van der Waals surface area contributed by atoms with Crippen LogP contribution >= 0.6 is 0 Å². The molecule has 0 saturated carbocycles. The molecule has 0 radical (unpaired) electrons. The van der Waals surface area contributed by atoms with Crippen molar-refractivity contribution in [2.75, 3.05) is 0 Å².